The highest BCUT2D eigenvalue weighted by molar-refractivity contribution is 7.91. The quantitative estimate of drug-likeness (QED) is 0.906. The van der Waals surface area contributed by atoms with Crippen molar-refractivity contribution in [3.05, 3.63) is 17.5 Å². The molecular formula is C14H22N2O2S2. The molecule has 1 unspecified atom stereocenters. The number of fused-ring (bicyclic) bond motifs is 3. The minimum Gasteiger partial charge on any atom is -0.299 e. The van der Waals surface area contributed by atoms with Crippen LogP contribution in [0, 0.1) is 11.8 Å². The van der Waals surface area contributed by atoms with Gasteiger partial charge in [-0.15, -0.1) is 11.3 Å². The van der Waals surface area contributed by atoms with Gasteiger partial charge in [0.05, 0.1) is 0 Å². The summed E-state index contributed by atoms with van der Waals surface area (Å²) >= 11 is 1.27. The van der Waals surface area contributed by atoms with Crippen molar-refractivity contribution < 1.29 is 8.42 Å². The van der Waals surface area contributed by atoms with Crippen molar-refractivity contribution in [3.63, 3.8) is 0 Å². The van der Waals surface area contributed by atoms with Crippen LogP contribution in [0.5, 0.6) is 0 Å². The van der Waals surface area contributed by atoms with Crippen LogP contribution in [-0.2, 0) is 10.0 Å². The molecule has 20 heavy (non-hydrogen) atoms. The molecule has 6 heteroatoms. The first kappa shape index (κ1) is 14.5. The minimum absolute atomic E-state index is 0.381. The minimum atomic E-state index is -3.31. The Bertz CT molecular complexity index is 542. The molecule has 3 aliphatic heterocycles. The van der Waals surface area contributed by atoms with Gasteiger partial charge in [-0.1, -0.05) is 19.4 Å². The van der Waals surface area contributed by atoms with E-state index in [1.54, 1.807) is 17.5 Å². The Hall–Kier alpha value is -0.430. The fourth-order valence-corrected chi connectivity index (χ4v) is 5.73. The first-order valence-corrected chi connectivity index (χ1v) is 9.73. The summed E-state index contributed by atoms with van der Waals surface area (Å²) in [6.07, 6.45) is 3.67. The molecule has 1 N–H and O–H groups in total. The maximum Gasteiger partial charge on any atom is 0.250 e. The van der Waals surface area contributed by atoms with Gasteiger partial charge in [0.1, 0.15) is 4.21 Å². The van der Waals surface area contributed by atoms with E-state index in [0.29, 0.717) is 16.8 Å². The van der Waals surface area contributed by atoms with E-state index in [1.165, 1.54) is 24.2 Å². The number of piperidine rings is 3. The molecule has 3 saturated heterocycles. The summed E-state index contributed by atoms with van der Waals surface area (Å²) in [6, 6.07) is 3.82. The monoisotopic (exact) mass is 314 g/mol. The molecule has 0 saturated carbocycles. The van der Waals surface area contributed by atoms with Crippen LogP contribution in [0.25, 0.3) is 0 Å². The van der Waals surface area contributed by atoms with Crippen LogP contribution >= 0.6 is 11.3 Å². The SMILES string of the molecule is CC[C@H]1CN2CC[C@H]1C[C@@H]2CNS(=O)(=O)c1cccs1. The number of thiophene rings is 1. The van der Waals surface area contributed by atoms with Gasteiger partial charge in [-0.05, 0) is 42.7 Å². The second-order valence-corrected chi connectivity index (χ2v) is 8.83. The van der Waals surface area contributed by atoms with E-state index >= 15 is 0 Å². The topological polar surface area (TPSA) is 49.4 Å². The van der Waals surface area contributed by atoms with Crippen molar-refractivity contribution in [2.45, 2.75) is 36.4 Å². The van der Waals surface area contributed by atoms with Gasteiger partial charge in [-0.25, -0.2) is 13.1 Å². The molecule has 4 rings (SSSR count). The third-order valence-electron chi connectivity index (χ3n) is 4.81. The van der Waals surface area contributed by atoms with Gasteiger partial charge < -0.3 is 0 Å². The van der Waals surface area contributed by atoms with E-state index in [1.807, 2.05) is 0 Å². The molecule has 0 radical (unpaired) electrons. The van der Waals surface area contributed by atoms with Gasteiger partial charge in [0.15, 0.2) is 0 Å². The molecule has 112 valence electrons. The van der Waals surface area contributed by atoms with Crippen LogP contribution in [-0.4, -0.2) is 39.0 Å². The summed E-state index contributed by atoms with van der Waals surface area (Å²) in [7, 11) is -3.31. The predicted molar refractivity (Wildman–Crippen MR) is 81.4 cm³/mol. The number of sulfonamides is 1. The molecule has 4 atom stereocenters. The van der Waals surface area contributed by atoms with E-state index in [2.05, 4.69) is 16.5 Å². The molecule has 3 fully saturated rings. The highest BCUT2D eigenvalue weighted by Crippen LogP contribution is 2.37. The molecule has 4 heterocycles. The summed E-state index contributed by atoms with van der Waals surface area (Å²) in [6.45, 7) is 5.09. The molecule has 4 nitrogen and oxygen atoms in total. The van der Waals surface area contributed by atoms with Crippen LogP contribution in [0.2, 0.25) is 0 Å². The summed E-state index contributed by atoms with van der Waals surface area (Å²) < 4.78 is 27.5. The van der Waals surface area contributed by atoms with Crippen molar-refractivity contribution in [2.24, 2.45) is 11.8 Å². The third-order valence-corrected chi connectivity index (χ3v) is 7.63. The number of rotatable bonds is 5. The van der Waals surface area contributed by atoms with Crippen LogP contribution < -0.4 is 4.72 Å². The van der Waals surface area contributed by atoms with Gasteiger partial charge in [0.2, 0.25) is 10.0 Å². The Morgan fingerprint density at radius 3 is 2.95 bits per heavy atom. The Morgan fingerprint density at radius 1 is 1.50 bits per heavy atom. The van der Waals surface area contributed by atoms with Crippen LogP contribution in [0.1, 0.15) is 26.2 Å². The maximum absolute atomic E-state index is 12.1. The van der Waals surface area contributed by atoms with Gasteiger partial charge >= 0.3 is 0 Å². The van der Waals surface area contributed by atoms with E-state index in [-0.39, 0.29) is 0 Å². The average molecular weight is 314 g/mol. The summed E-state index contributed by atoms with van der Waals surface area (Å²) in [5.41, 5.74) is 0. The average Bonchev–Trinajstić information content (AvgIpc) is 3.01. The highest BCUT2D eigenvalue weighted by atomic mass is 32.2. The number of nitrogens with zero attached hydrogens (tertiary/aromatic N) is 1. The zero-order chi connectivity index (χ0) is 14.2. The first-order chi connectivity index (χ1) is 9.60. The normalized spacial score (nSPS) is 33.5. The van der Waals surface area contributed by atoms with Gasteiger partial charge in [-0.3, -0.25) is 4.90 Å². The fourth-order valence-electron chi connectivity index (χ4n) is 3.62. The van der Waals surface area contributed by atoms with Crippen LogP contribution in [0.3, 0.4) is 0 Å². The van der Waals surface area contributed by atoms with Gasteiger partial charge in [-0.2, -0.15) is 0 Å². The number of nitrogens with one attached hydrogen (secondary N) is 1. The summed E-state index contributed by atoms with van der Waals surface area (Å²) in [5.74, 6) is 1.61. The van der Waals surface area contributed by atoms with E-state index in [0.717, 1.165) is 31.3 Å². The van der Waals surface area contributed by atoms with Crippen LogP contribution in [0.4, 0.5) is 0 Å². The van der Waals surface area contributed by atoms with Crippen molar-refractivity contribution in [1.82, 2.24) is 9.62 Å². The smallest absolute Gasteiger partial charge is 0.250 e. The van der Waals surface area contributed by atoms with E-state index in [9.17, 15) is 8.42 Å². The lowest BCUT2D eigenvalue weighted by molar-refractivity contribution is 0.00237. The van der Waals surface area contributed by atoms with Crippen molar-refractivity contribution in [3.8, 4) is 0 Å². The molecule has 0 aliphatic carbocycles. The Balaban J connectivity index is 1.60. The molecule has 1 aromatic heterocycles. The molecule has 2 bridgehead atoms. The largest absolute Gasteiger partial charge is 0.299 e. The number of hydrogen-bond acceptors (Lipinski definition) is 4. The lowest BCUT2D eigenvalue weighted by Gasteiger charge is -2.49. The lowest BCUT2D eigenvalue weighted by Crippen LogP contribution is -2.56. The fraction of sp³-hybridized carbons (Fsp3) is 0.714. The van der Waals surface area contributed by atoms with Crippen molar-refractivity contribution in [2.75, 3.05) is 19.6 Å². The Kier molecular flexibility index (Phi) is 4.17. The zero-order valence-electron chi connectivity index (χ0n) is 11.8. The molecule has 1 aromatic rings. The van der Waals surface area contributed by atoms with Crippen molar-refractivity contribution in [1.29, 1.82) is 0 Å². The summed E-state index contributed by atoms with van der Waals surface area (Å²) in [5, 5.41) is 1.80. The van der Waals surface area contributed by atoms with E-state index < -0.39 is 10.0 Å². The molecule has 0 amide bonds. The first-order valence-electron chi connectivity index (χ1n) is 7.37. The van der Waals surface area contributed by atoms with Crippen molar-refractivity contribution >= 4 is 21.4 Å². The maximum atomic E-state index is 12.1. The Labute approximate surface area is 125 Å². The molecular weight excluding hydrogens is 292 g/mol. The van der Waals surface area contributed by atoms with Gasteiger partial charge in [0, 0.05) is 19.1 Å². The summed E-state index contributed by atoms with van der Waals surface area (Å²) in [4.78, 5) is 2.48. The second-order valence-electron chi connectivity index (χ2n) is 5.89. The molecule has 3 aliphatic rings. The molecule has 0 aromatic carbocycles. The van der Waals surface area contributed by atoms with Crippen LogP contribution in [0.15, 0.2) is 21.7 Å². The lowest BCUT2D eigenvalue weighted by atomic mass is 9.74. The zero-order valence-corrected chi connectivity index (χ0v) is 13.4. The third kappa shape index (κ3) is 2.79. The predicted octanol–water partition coefficient (Wildman–Crippen LogP) is 2.15. The Morgan fingerprint density at radius 2 is 2.35 bits per heavy atom. The second kappa shape index (κ2) is 5.75. The standard InChI is InChI=1S/C14H22N2O2S2/c1-2-11-10-16-6-5-12(11)8-13(16)9-15-20(17,18)14-4-3-7-19-14/h3-4,7,11-13,15H,2,5-6,8-10H2,1H3/t11-,12-,13+/m0/s1. The van der Waals surface area contributed by atoms with E-state index in [4.69, 9.17) is 0 Å². The highest BCUT2D eigenvalue weighted by Gasteiger charge is 2.39. The molecule has 0 spiro atoms. The number of hydrogen-bond donors (Lipinski definition) is 1. The van der Waals surface area contributed by atoms with Gasteiger partial charge in [0.25, 0.3) is 0 Å².